The monoisotopic (exact) mass is 540 g/mol. The maximum Gasteiger partial charge on any atom is 0.306 e. The van der Waals surface area contributed by atoms with E-state index >= 15 is 0 Å². The summed E-state index contributed by atoms with van der Waals surface area (Å²) in [7, 11) is -2.01. The van der Waals surface area contributed by atoms with Crippen LogP contribution in [0.3, 0.4) is 0 Å². The Bertz CT molecular complexity index is 1310. The summed E-state index contributed by atoms with van der Waals surface area (Å²) in [6.07, 6.45) is 0.465. The molecule has 0 spiro atoms. The molecule has 0 bridgehead atoms. The zero-order valence-electron chi connectivity index (χ0n) is 20.3. The molecule has 0 saturated heterocycles. The maximum absolute atomic E-state index is 12.7. The number of nitrogens with one attached hydrogen (secondary N) is 2. The molecule has 194 valence electrons. The Hall–Kier alpha value is -3.76. The predicted octanol–water partition coefficient (Wildman–Crippen LogP) is 4.05. The maximum atomic E-state index is 12.7. The number of anilines is 1. The van der Waals surface area contributed by atoms with Gasteiger partial charge in [0.15, 0.2) is 14.9 Å². The van der Waals surface area contributed by atoms with Crippen LogP contribution < -0.4 is 15.4 Å². The molecule has 1 amide bonds. The van der Waals surface area contributed by atoms with Crippen molar-refractivity contribution in [1.82, 2.24) is 5.32 Å². The highest BCUT2D eigenvalue weighted by Crippen LogP contribution is 2.20. The zero-order chi connectivity index (χ0) is 26.7. The lowest BCUT2D eigenvalue weighted by molar-refractivity contribution is -0.144. The molecule has 0 aromatic heterocycles. The van der Waals surface area contributed by atoms with Gasteiger partial charge in [-0.1, -0.05) is 42.5 Å². The Kier molecular flexibility index (Phi) is 10.2. The normalized spacial score (nSPS) is 10.8. The van der Waals surface area contributed by atoms with Crippen molar-refractivity contribution < 1.29 is 27.5 Å². The zero-order valence-corrected chi connectivity index (χ0v) is 21.9. The smallest absolute Gasteiger partial charge is 0.306 e. The van der Waals surface area contributed by atoms with Gasteiger partial charge in [-0.3, -0.25) is 9.59 Å². The minimum atomic E-state index is -3.55. The van der Waals surface area contributed by atoms with E-state index in [-0.39, 0.29) is 35.2 Å². The van der Waals surface area contributed by atoms with Gasteiger partial charge in [-0.05, 0) is 59.7 Å². The van der Waals surface area contributed by atoms with Gasteiger partial charge in [0.25, 0.3) is 0 Å². The number of carbonyl (C=O) groups is 2. The quantitative estimate of drug-likeness (QED) is 0.277. The van der Waals surface area contributed by atoms with Crippen molar-refractivity contribution in [1.29, 1.82) is 0 Å². The fourth-order valence-corrected chi connectivity index (χ4v) is 4.92. The summed E-state index contributed by atoms with van der Waals surface area (Å²) in [5, 5.41) is 5.36. The van der Waals surface area contributed by atoms with Crippen molar-refractivity contribution in [3.63, 3.8) is 0 Å². The van der Waals surface area contributed by atoms with Crippen LogP contribution in [-0.2, 0) is 36.3 Å². The van der Waals surface area contributed by atoms with Gasteiger partial charge in [0.2, 0.25) is 5.91 Å². The molecule has 0 atom stereocenters. The van der Waals surface area contributed by atoms with Crippen molar-refractivity contribution in [2.45, 2.75) is 29.9 Å². The molecule has 0 heterocycles. The van der Waals surface area contributed by atoms with Crippen LogP contribution in [0, 0.1) is 0 Å². The van der Waals surface area contributed by atoms with Gasteiger partial charge in [-0.15, -0.1) is 0 Å². The summed E-state index contributed by atoms with van der Waals surface area (Å²) in [6, 6.07) is 22.5. The molecule has 3 aromatic rings. The average molecular weight is 541 g/mol. The second-order valence-corrected chi connectivity index (χ2v) is 10.5. The highest BCUT2D eigenvalue weighted by molar-refractivity contribution is 7.90. The first-order valence-electron chi connectivity index (χ1n) is 11.5. The third kappa shape index (κ3) is 9.32. The van der Waals surface area contributed by atoms with Gasteiger partial charge in [0.1, 0.15) is 5.75 Å². The van der Waals surface area contributed by atoms with Crippen LogP contribution in [0.2, 0.25) is 0 Å². The van der Waals surface area contributed by atoms with Crippen molar-refractivity contribution in [2.24, 2.45) is 0 Å². The Labute approximate surface area is 221 Å². The van der Waals surface area contributed by atoms with Gasteiger partial charge in [-0.25, -0.2) is 8.42 Å². The lowest BCUT2D eigenvalue weighted by Gasteiger charge is -2.11. The molecule has 0 fully saturated rings. The van der Waals surface area contributed by atoms with Crippen molar-refractivity contribution in [2.75, 3.05) is 19.0 Å². The lowest BCUT2D eigenvalue weighted by atomic mass is 10.2. The van der Waals surface area contributed by atoms with E-state index in [2.05, 4.69) is 10.6 Å². The molecular weight excluding hydrogens is 512 g/mol. The molecule has 3 aromatic carbocycles. The molecule has 37 heavy (non-hydrogen) atoms. The molecular formula is C27H28N2O6S2. The number of hydrogen-bond acceptors (Lipinski definition) is 7. The molecule has 0 aliphatic carbocycles. The van der Waals surface area contributed by atoms with E-state index in [1.807, 2.05) is 30.3 Å². The molecule has 10 heteroatoms. The predicted molar refractivity (Wildman–Crippen MR) is 145 cm³/mol. The summed E-state index contributed by atoms with van der Waals surface area (Å²) in [6.45, 7) is 0.246. The van der Waals surface area contributed by atoms with E-state index in [1.54, 1.807) is 43.5 Å². The number of ether oxygens (including phenoxy) is 2. The van der Waals surface area contributed by atoms with Gasteiger partial charge in [0.05, 0.1) is 30.8 Å². The number of amides is 1. The Morgan fingerprint density at radius 2 is 1.54 bits per heavy atom. The lowest BCUT2D eigenvalue weighted by Crippen LogP contribution is -2.34. The van der Waals surface area contributed by atoms with E-state index < -0.39 is 21.7 Å². The van der Waals surface area contributed by atoms with E-state index in [0.717, 1.165) is 5.56 Å². The van der Waals surface area contributed by atoms with Crippen LogP contribution in [0.4, 0.5) is 5.69 Å². The van der Waals surface area contributed by atoms with E-state index in [9.17, 15) is 18.0 Å². The Balaban J connectivity index is 1.40. The van der Waals surface area contributed by atoms with Crippen LogP contribution in [0.5, 0.6) is 5.75 Å². The highest BCUT2D eigenvalue weighted by atomic mass is 32.2. The number of hydrogen-bond donors (Lipinski definition) is 2. The van der Waals surface area contributed by atoms with Crippen LogP contribution in [0.15, 0.2) is 83.8 Å². The van der Waals surface area contributed by atoms with Crippen LogP contribution in [0.25, 0.3) is 0 Å². The molecule has 0 radical (unpaired) electrons. The minimum Gasteiger partial charge on any atom is -0.497 e. The molecule has 3 rings (SSSR count). The topological polar surface area (TPSA) is 111 Å². The van der Waals surface area contributed by atoms with E-state index in [0.29, 0.717) is 23.4 Å². The van der Waals surface area contributed by atoms with Gasteiger partial charge >= 0.3 is 5.97 Å². The summed E-state index contributed by atoms with van der Waals surface area (Å²) in [4.78, 5) is 24.1. The molecule has 8 nitrogen and oxygen atoms in total. The fourth-order valence-electron chi connectivity index (χ4n) is 3.34. The third-order valence-corrected chi connectivity index (χ3v) is 7.20. The summed E-state index contributed by atoms with van der Waals surface area (Å²) in [5.41, 5.74) is 2.22. The number of methoxy groups -OCH3 is 1. The number of esters is 1. The van der Waals surface area contributed by atoms with E-state index in [4.69, 9.17) is 21.7 Å². The second kappa shape index (κ2) is 13.5. The van der Waals surface area contributed by atoms with Gasteiger partial charge in [-0.2, -0.15) is 0 Å². The first-order valence-corrected chi connectivity index (χ1v) is 13.6. The number of thiocarbonyl (C=S) groups is 1. The summed E-state index contributed by atoms with van der Waals surface area (Å²) in [5.74, 6) is -0.390. The average Bonchev–Trinajstić information content (AvgIpc) is 2.88. The molecule has 0 saturated carbocycles. The number of sulfone groups is 1. The first kappa shape index (κ1) is 27.8. The van der Waals surface area contributed by atoms with Crippen LogP contribution >= 0.6 is 12.2 Å². The van der Waals surface area contributed by atoms with E-state index in [1.165, 1.54) is 12.1 Å². The van der Waals surface area contributed by atoms with Gasteiger partial charge in [0, 0.05) is 18.5 Å². The number of benzene rings is 3. The van der Waals surface area contributed by atoms with Crippen LogP contribution in [0.1, 0.15) is 24.0 Å². The first-order chi connectivity index (χ1) is 17.7. The highest BCUT2D eigenvalue weighted by Gasteiger charge is 2.16. The summed E-state index contributed by atoms with van der Waals surface area (Å²) < 4.78 is 35.7. The standard InChI is InChI=1S/C27H28N2O6S2/c1-34-23-11-7-21(8-12-23)19-37(32,33)24-13-9-22(10-14-24)28-27(36)29-25(30)15-16-26(31)35-18-17-20-5-3-2-4-6-20/h2-14H,15-19H2,1H3,(H2,28,29,30,36). The van der Waals surface area contributed by atoms with Crippen molar-refractivity contribution in [3.05, 3.63) is 90.0 Å². The number of carbonyl (C=O) groups excluding carboxylic acids is 2. The van der Waals surface area contributed by atoms with Crippen molar-refractivity contribution in [3.8, 4) is 5.75 Å². The molecule has 0 aliphatic heterocycles. The Morgan fingerprint density at radius 3 is 2.19 bits per heavy atom. The number of rotatable bonds is 11. The third-order valence-electron chi connectivity index (χ3n) is 5.29. The van der Waals surface area contributed by atoms with Crippen LogP contribution in [-0.4, -0.2) is 39.1 Å². The Morgan fingerprint density at radius 1 is 0.865 bits per heavy atom. The molecule has 0 aliphatic rings. The van der Waals surface area contributed by atoms with Crippen molar-refractivity contribution >= 4 is 44.7 Å². The van der Waals surface area contributed by atoms with Gasteiger partial charge < -0.3 is 20.1 Å². The fraction of sp³-hybridized carbons (Fsp3) is 0.222. The minimum absolute atomic E-state index is 0.0382. The SMILES string of the molecule is COc1ccc(CS(=O)(=O)c2ccc(NC(=S)NC(=O)CCC(=O)OCCc3ccccc3)cc2)cc1. The largest absolute Gasteiger partial charge is 0.497 e. The molecule has 0 unspecified atom stereocenters. The summed E-state index contributed by atoms with van der Waals surface area (Å²) >= 11 is 5.14. The second-order valence-electron chi connectivity index (χ2n) is 8.09. The molecule has 2 N–H and O–H groups in total.